The smallest absolute Gasteiger partial charge is 0.250 e. The number of morpholine rings is 1. The van der Waals surface area contributed by atoms with Crippen molar-refractivity contribution in [3.63, 3.8) is 0 Å². The van der Waals surface area contributed by atoms with Gasteiger partial charge < -0.3 is 15.0 Å². The van der Waals surface area contributed by atoms with Crippen LogP contribution in [-0.2, 0) is 16.1 Å². The third-order valence-electron chi connectivity index (χ3n) is 4.83. The van der Waals surface area contributed by atoms with E-state index in [4.69, 9.17) is 4.74 Å². The Labute approximate surface area is 138 Å². The summed E-state index contributed by atoms with van der Waals surface area (Å²) in [6.07, 6.45) is -0.330. The highest BCUT2D eigenvalue weighted by molar-refractivity contribution is 5.81. The molecule has 23 heavy (non-hydrogen) atoms. The fraction of sp³-hybridized carbons (Fsp3) is 0.611. The third kappa shape index (κ3) is 4.31. The van der Waals surface area contributed by atoms with Crippen LogP contribution in [0, 0.1) is 5.92 Å². The molecule has 2 heterocycles. The molecule has 2 fully saturated rings. The molecule has 3 rings (SSSR count). The predicted molar refractivity (Wildman–Crippen MR) is 90.1 cm³/mol. The number of ether oxygens (including phenoxy) is 1. The van der Waals surface area contributed by atoms with Gasteiger partial charge in [0.2, 0.25) is 0 Å². The first-order valence-corrected chi connectivity index (χ1v) is 8.48. The lowest BCUT2D eigenvalue weighted by atomic mass is 10.1. The molecule has 0 bridgehead atoms. The van der Waals surface area contributed by atoms with Crippen LogP contribution in [0.1, 0.15) is 12.5 Å². The van der Waals surface area contributed by atoms with E-state index >= 15 is 0 Å². The van der Waals surface area contributed by atoms with Gasteiger partial charge in [-0.25, -0.2) is 0 Å². The Bertz CT molecular complexity index is 522. The number of rotatable bonds is 4. The zero-order valence-electron chi connectivity index (χ0n) is 14.1. The minimum Gasteiger partial charge on any atom is -0.366 e. The number of nitrogens with one attached hydrogen (secondary N) is 1. The lowest BCUT2D eigenvalue weighted by Gasteiger charge is -2.30. The van der Waals surface area contributed by atoms with Crippen LogP contribution in [0.4, 0.5) is 0 Å². The summed E-state index contributed by atoms with van der Waals surface area (Å²) in [5.41, 5.74) is 1.32. The van der Waals surface area contributed by atoms with Gasteiger partial charge in [-0.2, -0.15) is 0 Å². The minimum absolute atomic E-state index is 0.0370. The molecular weight excluding hydrogens is 290 g/mol. The maximum atomic E-state index is 12.4. The van der Waals surface area contributed by atoms with Gasteiger partial charge in [0.25, 0.3) is 5.91 Å². The first kappa shape index (κ1) is 16.4. The highest BCUT2D eigenvalue weighted by atomic mass is 16.5. The average molecular weight is 317 g/mol. The zero-order valence-corrected chi connectivity index (χ0v) is 14.1. The molecule has 0 aromatic heterocycles. The zero-order chi connectivity index (χ0) is 16.2. The second-order valence-corrected chi connectivity index (χ2v) is 6.89. The standard InChI is InChI=1S/C18H27N3O2/c1-14-10-21(11-15-6-4-3-5-7-15)12-16(14)19-18(22)17-13-20(2)8-9-23-17/h3-7,14,16-17H,8-13H2,1-2H3,(H,19,22)/t14-,16+,17+/m1/s1. The molecule has 1 aromatic carbocycles. The Morgan fingerprint density at radius 3 is 2.78 bits per heavy atom. The second kappa shape index (κ2) is 7.43. The van der Waals surface area contributed by atoms with E-state index in [1.54, 1.807) is 0 Å². The van der Waals surface area contributed by atoms with Crippen molar-refractivity contribution in [2.24, 2.45) is 5.92 Å². The largest absolute Gasteiger partial charge is 0.366 e. The first-order valence-electron chi connectivity index (χ1n) is 8.48. The van der Waals surface area contributed by atoms with E-state index in [1.807, 2.05) is 13.1 Å². The normalized spacial score (nSPS) is 29.6. The van der Waals surface area contributed by atoms with Gasteiger partial charge in [0.15, 0.2) is 0 Å². The Kier molecular flexibility index (Phi) is 5.30. The van der Waals surface area contributed by atoms with Gasteiger partial charge in [0.1, 0.15) is 6.10 Å². The summed E-state index contributed by atoms with van der Waals surface area (Å²) < 4.78 is 5.61. The molecule has 2 aliphatic heterocycles. The van der Waals surface area contributed by atoms with E-state index in [1.165, 1.54) is 5.56 Å². The Balaban J connectivity index is 1.51. The van der Waals surface area contributed by atoms with E-state index in [-0.39, 0.29) is 18.1 Å². The number of hydrogen-bond donors (Lipinski definition) is 1. The SMILES string of the molecule is C[C@@H]1CN(Cc2ccccc2)C[C@@H]1NC(=O)[C@@H]1CN(C)CCO1. The van der Waals surface area contributed by atoms with E-state index < -0.39 is 0 Å². The summed E-state index contributed by atoms with van der Waals surface area (Å²) in [6.45, 7) is 7.30. The van der Waals surface area contributed by atoms with Gasteiger partial charge in [0.05, 0.1) is 6.61 Å². The van der Waals surface area contributed by atoms with Gasteiger partial charge in [-0.1, -0.05) is 37.3 Å². The van der Waals surface area contributed by atoms with Crippen LogP contribution in [0.5, 0.6) is 0 Å². The summed E-state index contributed by atoms with van der Waals surface area (Å²) in [5.74, 6) is 0.499. The van der Waals surface area contributed by atoms with E-state index in [9.17, 15) is 4.79 Å². The highest BCUT2D eigenvalue weighted by Crippen LogP contribution is 2.19. The number of amides is 1. The molecule has 2 aliphatic rings. The van der Waals surface area contributed by atoms with Crippen molar-refractivity contribution in [2.75, 3.05) is 39.8 Å². The molecule has 2 saturated heterocycles. The molecule has 0 unspecified atom stereocenters. The van der Waals surface area contributed by atoms with Crippen molar-refractivity contribution in [1.82, 2.24) is 15.1 Å². The molecule has 0 saturated carbocycles. The van der Waals surface area contributed by atoms with Crippen molar-refractivity contribution in [2.45, 2.75) is 25.6 Å². The molecule has 126 valence electrons. The van der Waals surface area contributed by atoms with Crippen LogP contribution in [0.3, 0.4) is 0 Å². The number of hydrogen-bond acceptors (Lipinski definition) is 4. The molecule has 5 nitrogen and oxygen atoms in total. The maximum absolute atomic E-state index is 12.4. The van der Waals surface area contributed by atoms with E-state index in [2.05, 4.69) is 46.3 Å². The third-order valence-corrected chi connectivity index (χ3v) is 4.83. The summed E-state index contributed by atoms with van der Waals surface area (Å²) in [4.78, 5) is 17.0. The van der Waals surface area contributed by atoms with Crippen LogP contribution < -0.4 is 5.32 Å². The van der Waals surface area contributed by atoms with Crippen molar-refractivity contribution >= 4 is 5.91 Å². The van der Waals surface area contributed by atoms with Gasteiger partial charge >= 0.3 is 0 Å². The molecule has 1 N–H and O–H groups in total. The minimum atomic E-state index is -0.330. The monoisotopic (exact) mass is 317 g/mol. The summed E-state index contributed by atoms with van der Waals surface area (Å²) >= 11 is 0. The molecule has 5 heteroatoms. The van der Waals surface area contributed by atoms with Crippen molar-refractivity contribution in [3.05, 3.63) is 35.9 Å². The molecule has 0 radical (unpaired) electrons. The van der Waals surface area contributed by atoms with Crippen LogP contribution in [0.25, 0.3) is 0 Å². The van der Waals surface area contributed by atoms with Crippen LogP contribution in [0.2, 0.25) is 0 Å². The van der Waals surface area contributed by atoms with Crippen LogP contribution in [-0.4, -0.2) is 67.7 Å². The lowest BCUT2D eigenvalue weighted by molar-refractivity contribution is -0.138. The first-order chi connectivity index (χ1) is 11.1. The van der Waals surface area contributed by atoms with Crippen LogP contribution >= 0.6 is 0 Å². The quantitative estimate of drug-likeness (QED) is 0.898. The molecule has 3 atom stereocenters. The molecule has 0 aliphatic carbocycles. The predicted octanol–water partition coefficient (Wildman–Crippen LogP) is 0.954. The van der Waals surface area contributed by atoms with Crippen LogP contribution in [0.15, 0.2) is 30.3 Å². The lowest BCUT2D eigenvalue weighted by Crippen LogP contribution is -2.52. The molecule has 1 aromatic rings. The van der Waals surface area contributed by atoms with Gasteiger partial charge in [-0.3, -0.25) is 9.69 Å². The Morgan fingerprint density at radius 2 is 2.04 bits per heavy atom. The highest BCUT2D eigenvalue weighted by Gasteiger charge is 2.33. The van der Waals surface area contributed by atoms with Gasteiger partial charge in [0, 0.05) is 38.8 Å². The fourth-order valence-corrected chi connectivity index (χ4v) is 3.44. The molecule has 0 spiro atoms. The van der Waals surface area contributed by atoms with E-state index in [0.717, 1.165) is 26.2 Å². The molecule has 1 amide bonds. The summed E-state index contributed by atoms with van der Waals surface area (Å²) in [5, 5.41) is 3.20. The average Bonchev–Trinajstić information content (AvgIpc) is 2.87. The van der Waals surface area contributed by atoms with Crippen molar-refractivity contribution < 1.29 is 9.53 Å². The van der Waals surface area contributed by atoms with Gasteiger partial charge in [-0.05, 0) is 18.5 Å². The van der Waals surface area contributed by atoms with Crippen molar-refractivity contribution in [1.29, 1.82) is 0 Å². The number of carbonyl (C=O) groups is 1. The number of nitrogens with zero attached hydrogens (tertiary/aromatic N) is 2. The summed E-state index contributed by atoms with van der Waals surface area (Å²) in [6, 6.07) is 10.7. The topological polar surface area (TPSA) is 44.8 Å². The van der Waals surface area contributed by atoms with E-state index in [0.29, 0.717) is 19.1 Å². The Hall–Kier alpha value is -1.43. The fourth-order valence-electron chi connectivity index (χ4n) is 3.44. The van der Waals surface area contributed by atoms with Gasteiger partial charge in [-0.15, -0.1) is 0 Å². The number of carbonyl (C=O) groups excluding carboxylic acids is 1. The Morgan fingerprint density at radius 1 is 1.26 bits per heavy atom. The summed E-state index contributed by atoms with van der Waals surface area (Å²) in [7, 11) is 2.03. The second-order valence-electron chi connectivity index (χ2n) is 6.89. The number of likely N-dealkylation sites (N-methyl/N-ethyl adjacent to an activating group) is 1. The maximum Gasteiger partial charge on any atom is 0.250 e. The van der Waals surface area contributed by atoms with Crippen molar-refractivity contribution in [3.8, 4) is 0 Å². The molecular formula is C18H27N3O2. The number of benzene rings is 1. The number of likely N-dealkylation sites (tertiary alicyclic amines) is 1.